The first-order valence-electron chi connectivity index (χ1n) is 6.34. The van der Waals surface area contributed by atoms with E-state index >= 15 is 0 Å². The van der Waals surface area contributed by atoms with Gasteiger partial charge in [0, 0.05) is 17.7 Å². The van der Waals surface area contributed by atoms with E-state index < -0.39 is 0 Å². The summed E-state index contributed by atoms with van der Waals surface area (Å²) in [6, 6.07) is 16.0. The number of aromatic hydroxyl groups is 1. The van der Waals surface area contributed by atoms with Crippen LogP contribution in [0.5, 0.6) is 5.75 Å². The van der Waals surface area contributed by atoms with Crippen LogP contribution in [0.25, 0.3) is 0 Å². The van der Waals surface area contributed by atoms with Crippen molar-refractivity contribution in [3.63, 3.8) is 0 Å². The number of hydrazone groups is 1. The van der Waals surface area contributed by atoms with Crippen LogP contribution < -0.4 is 5.43 Å². The second-order valence-electron chi connectivity index (χ2n) is 4.47. The minimum atomic E-state index is -0.350. The fraction of sp³-hybridized carbons (Fsp3) is 0.125. The van der Waals surface area contributed by atoms with Crippen molar-refractivity contribution >= 4 is 12.1 Å². The summed E-state index contributed by atoms with van der Waals surface area (Å²) in [5.41, 5.74) is 3.94. The standard InChI is InChI=1S/C16H16N2O2/c1-12(13-6-3-2-4-7-13)11-17-18-16(20)14-8-5-9-15(19)10-14/h2-12,19H,1H3,(H,18,20)/b17-11-/t12-/m0/s1. The molecular formula is C16H16N2O2. The van der Waals surface area contributed by atoms with E-state index in [0.717, 1.165) is 5.56 Å². The third-order valence-corrected chi connectivity index (χ3v) is 2.90. The number of carbonyl (C=O) groups is 1. The fourth-order valence-corrected chi connectivity index (χ4v) is 1.76. The number of carbonyl (C=O) groups excluding carboxylic acids is 1. The molecule has 1 atom stereocenters. The molecule has 0 unspecified atom stereocenters. The third kappa shape index (κ3) is 3.68. The lowest BCUT2D eigenvalue weighted by Crippen LogP contribution is -2.17. The molecule has 20 heavy (non-hydrogen) atoms. The van der Waals surface area contributed by atoms with Crippen LogP contribution in [-0.2, 0) is 0 Å². The molecule has 0 radical (unpaired) electrons. The van der Waals surface area contributed by atoms with E-state index in [4.69, 9.17) is 0 Å². The Hall–Kier alpha value is -2.62. The van der Waals surface area contributed by atoms with Gasteiger partial charge in [0.2, 0.25) is 0 Å². The summed E-state index contributed by atoms with van der Waals surface area (Å²) < 4.78 is 0. The Labute approximate surface area is 117 Å². The van der Waals surface area contributed by atoms with Crippen molar-refractivity contribution < 1.29 is 9.90 Å². The molecule has 0 aromatic heterocycles. The molecule has 0 bridgehead atoms. The molecule has 0 saturated carbocycles. The fourth-order valence-electron chi connectivity index (χ4n) is 1.76. The molecule has 0 spiro atoms. The molecule has 0 aliphatic carbocycles. The van der Waals surface area contributed by atoms with E-state index in [9.17, 15) is 9.90 Å². The highest BCUT2D eigenvalue weighted by Crippen LogP contribution is 2.12. The zero-order valence-electron chi connectivity index (χ0n) is 11.2. The Morgan fingerprint density at radius 3 is 2.65 bits per heavy atom. The van der Waals surface area contributed by atoms with Gasteiger partial charge in [0.05, 0.1) is 0 Å². The van der Waals surface area contributed by atoms with Gasteiger partial charge < -0.3 is 5.11 Å². The van der Waals surface area contributed by atoms with Crippen LogP contribution in [0.2, 0.25) is 0 Å². The summed E-state index contributed by atoms with van der Waals surface area (Å²) in [4.78, 5) is 11.8. The second kappa shape index (κ2) is 6.52. The average molecular weight is 268 g/mol. The zero-order valence-corrected chi connectivity index (χ0v) is 11.2. The molecule has 0 aliphatic rings. The lowest BCUT2D eigenvalue weighted by molar-refractivity contribution is 0.0954. The first-order chi connectivity index (χ1) is 9.66. The Bertz CT molecular complexity index is 609. The van der Waals surface area contributed by atoms with Gasteiger partial charge in [-0.25, -0.2) is 5.43 Å². The van der Waals surface area contributed by atoms with E-state index in [1.807, 2.05) is 37.3 Å². The van der Waals surface area contributed by atoms with Crippen molar-refractivity contribution in [3.05, 3.63) is 65.7 Å². The van der Waals surface area contributed by atoms with Crippen LogP contribution in [0.4, 0.5) is 0 Å². The van der Waals surface area contributed by atoms with Crippen molar-refractivity contribution in [1.82, 2.24) is 5.43 Å². The number of rotatable bonds is 4. The number of nitrogens with zero attached hydrogens (tertiary/aromatic N) is 1. The van der Waals surface area contributed by atoms with Gasteiger partial charge in [-0.15, -0.1) is 0 Å². The molecule has 0 heterocycles. The second-order valence-corrected chi connectivity index (χ2v) is 4.47. The number of phenols is 1. The number of benzene rings is 2. The van der Waals surface area contributed by atoms with Crippen LogP contribution in [0.15, 0.2) is 59.7 Å². The molecule has 1 amide bonds. The van der Waals surface area contributed by atoms with Gasteiger partial charge in [0.15, 0.2) is 0 Å². The Kier molecular flexibility index (Phi) is 4.50. The largest absolute Gasteiger partial charge is 0.508 e. The molecular weight excluding hydrogens is 252 g/mol. The van der Waals surface area contributed by atoms with Crippen molar-refractivity contribution in [1.29, 1.82) is 0 Å². The molecule has 2 N–H and O–H groups in total. The Balaban J connectivity index is 1.95. The normalized spacial score (nSPS) is 12.2. The van der Waals surface area contributed by atoms with Gasteiger partial charge in [0.25, 0.3) is 5.91 Å². The van der Waals surface area contributed by atoms with Crippen molar-refractivity contribution in [2.75, 3.05) is 0 Å². The van der Waals surface area contributed by atoms with E-state index in [1.165, 1.54) is 12.1 Å². The van der Waals surface area contributed by atoms with Gasteiger partial charge in [-0.3, -0.25) is 4.79 Å². The topological polar surface area (TPSA) is 61.7 Å². The van der Waals surface area contributed by atoms with Crippen LogP contribution in [-0.4, -0.2) is 17.2 Å². The maximum Gasteiger partial charge on any atom is 0.271 e. The molecule has 4 heteroatoms. The quantitative estimate of drug-likeness (QED) is 0.661. The first kappa shape index (κ1) is 13.8. The molecule has 4 nitrogen and oxygen atoms in total. The van der Waals surface area contributed by atoms with Gasteiger partial charge in [-0.1, -0.05) is 43.3 Å². The summed E-state index contributed by atoms with van der Waals surface area (Å²) in [6.45, 7) is 2.00. The van der Waals surface area contributed by atoms with Crippen molar-refractivity contribution in [3.8, 4) is 5.75 Å². The molecule has 0 fully saturated rings. The van der Waals surface area contributed by atoms with E-state index in [2.05, 4.69) is 10.5 Å². The van der Waals surface area contributed by atoms with E-state index in [0.29, 0.717) is 5.56 Å². The third-order valence-electron chi connectivity index (χ3n) is 2.90. The number of hydrogen-bond acceptors (Lipinski definition) is 3. The predicted molar refractivity (Wildman–Crippen MR) is 78.9 cm³/mol. The van der Waals surface area contributed by atoms with Crippen LogP contribution >= 0.6 is 0 Å². The highest BCUT2D eigenvalue weighted by Gasteiger charge is 2.05. The summed E-state index contributed by atoms with van der Waals surface area (Å²) >= 11 is 0. The number of hydrogen-bond donors (Lipinski definition) is 2. The SMILES string of the molecule is C[C@@H](/C=N\NC(=O)c1cccc(O)c1)c1ccccc1. The Morgan fingerprint density at radius 1 is 1.20 bits per heavy atom. The predicted octanol–water partition coefficient (Wildman–Crippen LogP) is 2.91. The summed E-state index contributed by atoms with van der Waals surface area (Å²) in [5.74, 6) is -0.183. The summed E-state index contributed by atoms with van der Waals surface area (Å²) in [7, 11) is 0. The lowest BCUT2D eigenvalue weighted by Gasteiger charge is -2.05. The average Bonchev–Trinajstić information content (AvgIpc) is 2.48. The van der Waals surface area contributed by atoms with Crippen molar-refractivity contribution in [2.45, 2.75) is 12.8 Å². The Morgan fingerprint density at radius 2 is 1.95 bits per heavy atom. The van der Waals surface area contributed by atoms with Crippen LogP contribution in [0.1, 0.15) is 28.8 Å². The summed E-state index contributed by atoms with van der Waals surface area (Å²) in [5, 5.41) is 13.3. The van der Waals surface area contributed by atoms with Gasteiger partial charge in [0.1, 0.15) is 5.75 Å². The first-order valence-corrected chi connectivity index (χ1v) is 6.34. The number of phenolic OH excluding ortho intramolecular Hbond substituents is 1. The smallest absolute Gasteiger partial charge is 0.271 e. The maximum atomic E-state index is 11.8. The highest BCUT2D eigenvalue weighted by molar-refractivity contribution is 5.94. The number of nitrogens with one attached hydrogen (secondary N) is 1. The lowest BCUT2D eigenvalue weighted by atomic mass is 10.0. The minimum absolute atomic E-state index is 0.0549. The number of amides is 1. The summed E-state index contributed by atoms with van der Waals surface area (Å²) in [6.07, 6.45) is 1.68. The van der Waals surface area contributed by atoms with Gasteiger partial charge in [-0.05, 0) is 23.8 Å². The van der Waals surface area contributed by atoms with E-state index in [1.54, 1.807) is 18.3 Å². The van der Waals surface area contributed by atoms with E-state index in [-0.39, 0.29) is 17.6 Å². The molecule has 0 saturated heterocycles. The molecule has 2 rings (SSSR count). The minimum Gasteiger partial charge on any atom is -0.508 e. The van der Waals surface area contributed by atoms with Crippen molar-refractivity contribution in [2.24, 2.45) is 5.10 Å². The molecule has 102 valence electrons. The zero-order chi connectivity index (χ0) is 14.4. The van der Waals surface area contributed by atoms with Crippen LogP contribution in [0.3, 0.4) is 0 Å². The molecule has 2 aromatic rings. The van der Waals surface area contributed by atoms with Crippen LogP contribution in [0, 0.1) is 0 Å². The maximum absolute atomic E-state index is 11.8. The van der Waals surface area contributed by atoms with Gasteiger partial charge >= 0.3 is 0 Å². The monoisotopic (exact) mass is 268 g/mol. The molecule has 2 aromatic carbocycles. The molecule has 0 aliphatic heterocycles. The highest BCUT2D eigenvalue weighted by atomic mass is 16.3. The van der Waals surface area contributed by atoms with Gasteiger partial charge in [-0.2, -0.15) is 5.10 Å².